The number of fused-ring (bicyclic) bond motifs is 1. The Morgan fingerprint density at radius 2 is 1.44 bits per heavy atom. The van der Waals surface area contributed by atoms with Crippen LogP contribution >= 0.6 is 0 Å². The summed E-state index contributed by atoms with van der Waals surface area (Å²) in [5, 5.41) is 3.85. The molecule has 0 aromatic heterocycles. The SMILES string of the molecule is CC1(C)CC(=O)[C@@H]2[C@H](c3ccccc3)N[C@@H](c3ccccc3)[C@@]2(C)C1. The second kappa shape index (κ2) is 5.81. The standard InChI is InChI=1S/C23H27NO/c1-22(2)14-18(25)19-20(16-10-6-4-7-11-16)24-21(23(19,3)15-22)17-12-8-5-9-13-17/h4-13,19-21,24H,14-15H2,1-3H3/t19-,20+,21+,23+/m1/s1. The van der Waals surface area contributed by atoms with Crippen molar-refractivity contribution in [3.8, 4) is 0 Å². The van der Waals surface area contributed by atoms with Crippen LogP contribution in [0.25, 0.3) is 0 Å². The fourth-order valence-electron chi connectivity index (χ4n) is 5.54. The van der Waals surface area contributed by atoms with Crippen molar-refractivity contribution in [1.82, 2.24) is 5.32 Å². The molecule has 0 amide bonds. The van der Waals surface area contributed by atoms with E-state index in [1.54, 1.807) is 0 Å². The summed E-state index contributed by atoms with van der Waals surface area (Å²) in [6.07, 6.45) is 1.74. The maximum absolute atomic E-state index is 13.2. The lowest BCUT2D eigenvalue weighted by Gasteiger charge is -2.47. The summed E-state index contributed by atoms with van der Waals surface area (Å²) in [5.41, 5.74) is 2.51. The van der Waals surface area contributed by atoms with Crippen LogP contribution in [0, 0.1) is 16.7 Å². The van der Waals surface area contributed by atoms with E-state index in [9.17, 15) is 4.79 Å². The Labute approximate surface area is 150 Å². The number of nitrogens with one attached hydrogen (secondary N) is 1. The first-order valence-electron chi connectivity index (χ1n) is 9.29. The maximum Gasteiger partial charge on any atom is 0.139 e. The molecule has 1 saturated heterocycles. The minimum Gasteiger partial charge on any atom is -0.302 e. The van der Waals surface area contributed by atoms with Crippen molar-refractivity contribution in [2.75, 3.05) is 0 Å². The van der Waals surface area contributed by atoms with Gasteiger partial charge in [0.25, 0.3) is 0 Å². The van der Waals surface area contributed by atoms with Crippen molar-refractivity contribution in [3.63, 3.8) is 0 Å². The Morgan fingerprint density at radius 1 is 0.880 bits per heavy atom. The van der Waals surface area contributed by atoms with Crippen LogP contribution in [0.15, 0.2) is 60.7 Å². The molecule has 1 N–H and O–H groups in total. The van der Waals surface area contributed by atoms with Crippen molar-refractivity contribution in [3.05, 3.63) is 71.8 Å². The van der Waals surface area contributed by atoms with Crippen molar-refractivity contribution in [1.29, 1.82) is 0 Å². The molecule has 130 valence electrons. The highest BCUT2D eigenvalue weighted by molar-refractivity contribution is 5.85. The molecule has 0 bridgehead atoms. The molecule has 1 aliphatic carbocycles. The Morgan fingerprint density at radius 3 is 2.04 bits per heavy atom. The number of carbonyl (C=O) groups is 1. The van der Waals surface area contributed by atoms with Crippen LogP contribution in [0.5, 0.6) is 0 Å². The largest absolute Gasteiger partial charge is 0.302 e. The van der Waals surface area contributed by atoms with Crippen LogP contribution in [-0.4, -0.2) is 5.78 Å². The third-order valence-corrected chi connectivity index (χ3v) is 6.20. The predicted molar refractivity (Wildman–Crippen MR) is 101 cm³/mol. The molecule has 2 aromatic carbocycles. The third-order valence-electron chi connectivity index (χ3n) is 6.20. The summed E-state index contributed by atoms with van der Waals surface area (Å²) in [6, 6.07) is 21.4. The molecule has 4 rings (SSSR count). The number of hydrogen-bond donors (Lipinski definition) is 1. The van der Waals surface area contributed by atoms with Crippen LogP contribution < -0.4 is 5.32 Å². The number of rotatable bonds is 2. The van der Waals surface area contributed by atoms with Gasteiger partial charge in [0.1, 0.15) is 5.78 Å². The molecule has 1 saturated carbocycles. The van der Waals surface area contributed by atoms with Gasteiger partial charge in [-0.2, -0.15) is 0 Å². The van der Waals surface area contributed by atoms with Crippen molar-refractivity contribution in [2.24, 2.45) is 16.7 Å². The average molecular weight is 333 g/mol. The molecule has 2 heteroatoms. The first-order valence-corrected chi connectivity index (χ1v) is 9.29. The number of ketones is 1. The van der Waals surface area contributed by atoms with E-state index in [1.165, 1.54) is 11.1 Å². The predicted octanol–water partition coefficient (Wildman–Crippen LogP) is 5.08. The van der Waals surface area contributed by atoms with Gasteiger partial charge in [0, 0.05) is 24.4 Å². The van der Waals surface area contributed by atoms with Crippen LogP contribution in [0.4, 0.5) is 0 Å². The molecule has 1 aliphatic heterocycles. The van der Waals surface area contributed by atoms with E-state index in [2.05, 4.69) is 80.7 Å². The van der Waals surface area contributed by atoms with E-state index in [1.807, 2.05) is 6.07 Å². The molecular weight excluding hydrogens is 306 g/mol. The first kappa shape index (κ1) is 16.5. The Bertz CT molecular complexity index is 767. The van der Waals surface area contributed by atoms with Crippen molar-refractivity contribution in [2.45, 2.75) is 45.7 Å². The summed E-state index contributed by atoms with van der Waals surface area (Å²) in [7, 11) is 0. The second-order valence-electron chi connectivity index (χ2n) is 8.87. The smallest absolute Gasteiger partial charge is 0.139 e. The minimum atomic E-state index is -0.0688. The lowest BCUT2D eigenvalue weighted by molar-refractivity contribution is -0.134. The summed E-state index contributed by atoms with van der Waals surface area (Å²) in [4.78, 5) is 13.2. The fourth-order valence-corrected chi connectivity index (χ4v) is 5.54. The summed E-state index contributed by atoms with van der Waals surface area (Å²) < 4.78 is 0. The van der Waals surface area contributed by atoms with Crippen LogP contribution in [0.1, 0.15) is 56.8 Å². The Balaban J connectivity index is 1.82. The molecule has 0 radical (unpaired) electrons. The third kappa shape index (κ3) is 2.73. The van der Waals surface area contributed by atoms with E-state index >= 15 is 0 Å². The van der Waals surface area contributed by atoms with Gasteiger partial charge in [0.2, 0.25) is 0 Å². The van der Waals surface area contributed by atoms with Gasteiger partial charge in [-0.25, -0.2) is 0 Å². The molecule has 2 aromatic rings. The zero-order valence-electron chi connectivity index (χ0n) is 15.3. The van der Waals surface area contributed by atoms with Gasteiger partial charge in [0.15, 0.2) is 0 Å². The highest BCUT2D eigenvalue weighted by Gasteiger charge is 2.59. The molecule has 2 nitrogen and oxygen atoms in total. The molecule has 2 aliphatic rings. The van der Waals surface area contributed by atoms with E-state index < -0.39 is 0 Å². The molecule has 0 spiro atoms. The quantitative estimate of drug-likeness (QED) is 0.830. The number of benzene rings is 2. The van der Waals surface area contributed by atoms with Gasteiger partial charge in [-0.3, -0.25) is 4.79 Å². The molecular formula is C23H27NO. The van der Waals surface area contributed by atoms with Gasteiger partial charge in [-0.05, 0) is 28.4 Å². The van der Waals surface area contributed by atoms with E-state index in [0.717, 1.165) is 6.42 Å². The highest BCUT2D eigenvalue weighted by atomic mass is 16.1. The van der Waals surface area contributed by atoms with Gasteiger partial charge < -0.3 is 5.32 Å². The average Bonchev–Trinajstić information content (AvgIpc) is 2.88. The maximum atomic E-state index is 13.2. The van der Waals surface area contributed by atoms with E-state index in [0.29, 0.717) is 12.2 Å². The fraction of sp³-hybridized carbons (Fsp3) is 0.435. The topological polar surface area (TPSA) is 29.1 Å². The molecule has 2 fully saturated rings. The zero-order chi connectivity index (χ0) is 17.7. The normalized spacial score (nSPS) is 33.9. The van der Waals surface area contributed by atoms with E-state index in [-0.39, 0.29) is 28.8 Å². The molecule has 0 unspecified atom stereocenters. The summed E-state index contributed by atoms with van der Waals surface area (Å²) >= 11 is 0. The van der Waals surface area contributed by atoms with Crippen LogP contribution in [0.3, 0.4) is 0 Å². The van der Waals surface area contributed by atoms with Crippen molar-refractivity contribution < 1.29 is 4.79 Å². The summed E-state index contributed by atoms with van der Waals surface area (Å²) in [6.45, 7) is 6.80. The van der Waals surface area contributed by atoms with Gasteiger partial charge in [-0.1, -0.05) is 81.4 Å². The summed E-state index contributed by atoms with van der Waals surface area (Å²) in [5.74, 6) is 0.451. The molecule has 25 heavy (non-hydrogen) atoms. The monoisotopic (exact) mass is 333 g/mol. The lowest BCUT2D eigenvalue weighted by Crippen LogP contribution is -2.44. The number of hydrogen-bond acceptors (Lipinski definition) is 2. The Kier molecular flexibility index (Phi) is 3.84. The second-order valence-corrected chi connectivity index (χ2v) is 8.87. The first-order chi connectivity index (χ1) is 11.9. The van der Waals surface area contributed by atoms with Crippen LogP contribution in [0.2, 0.25) is 0 Å². The number of carbonyl (C=O) groups excluding carboxylic acids is 1. The molecule has 4 atom stereocenters. The molecule has 1 heterocycles. The van der Waals surface area contributed by atoms with E-state index in [4.69, 9.17) is 0 Å². The van der Waals surface area contributed by atoms with Crippen LogP contribution in [-0.2, 0) is 4.79 Å². The lowest BCUT2D eigenvalue weighted by atomic mass is 9.55. The zero-order valence-corrected chi connectivity index (χ0v) is 15.3. The van der Waals surface area contributed by atoms with Crippen molar-refractivity contribution >= 4 is 5.78 Å². The van der Waals surface area contributed by atoms with Gasteiger partial charge >= 0.3 is 0 Å². The Hall–Kier alpha value is -1.93. The number of Topliss-reactive ketones (excluding diaryl/α,β-unsaturated/α-hetero) is 1. The minimum absolute atomic E-state index is 0.0353. The van der Waals surface area contributed by atoms with Gasteiger partial charge in [0.05, 0.1) is 0 Å². The highest BCUT2D eigenvalue weighted by Crippen LogP contribution is 2.61. The van der Waals surface area contributed by atoms with Gasteiger partial charge in [-0.15, -0.1) is 0 Å².